The smallest absolute Gasteiger partial charge is 0.462 e. The van der Waals surface area contributed by atoms with E-state index in [2.05, 4.69) is 34.6 Å². The lowest BCUT2D eigenvalue weighted by molar-refractivity contribution is -0.161. The summed E-state index contributed by atoms with van der Waals surface area (Å²) in [7, 11) is -9.88. The fourth-order valence-electron chi connectivity index (χ4n) is 9.23. The quantitative estimate of drug-likeness (QED) is 0.0222. The van der Waals surface area contributed by atoms with E-state index in [-0.39, 0.29) is 25.7 Å². The molecule has 480 valence electrons. The highest BCUT2D eigenvalue weighted by Gasteiger charge is 2.30. The van der Waals surface area contributed by atoms with Crippen LogP contribution in [0.3, 0.4) is 0 Å². The maximum absolute atomic E-state index is 12.9. The van der Waals surface area contributed by atoms with E-state index in [1.165, 1.54) is 122 Å². The first kappa shape index (κ1) is 79.1. The van der Waals surface area contributed by atoms with Crippen LogP contribution in [0.5, 0.6) is 0 Å². The molecule has 0 spiro atoms. The number of aliphatic hydroxyl groups is 1. The Bertz CT molecular complexity index is 1580. The molecule has 0 heterocycles. The number of hydrogen-bond donors (Lipinski definition) is 3. The summed E-state index contributed by atoms with van der Waals surface area (Å²) >= 11 is 0. The molecule has 0 aromatic carbocycles. The molecule has 0 saturated carbocycles. The van der Waals surface area contributed by atoms with Gasteiger partial charge in [0, 0.05) is 25.7 Å². The Morgan fingerprint density at radius 2 is 0.568 bits per heavy atom. The summed E-state index contributed by atoms with van der Waals surface area (Å²) in [4.78, 5) is 72.0. The van der Waals surface area contributed by atoms with Crippen LogP contribution in [0.2, 0.25) is 0 Å². The zero-order valence-electron chi connectivity index (χ0n) is 51.9. The van der Waals surface area contributed by atoms with Gasteiger partial charge in [0.2, 0.25) is 0 Å². The summed E-state index contributed by atoms with van der Waals surface area (Å²) in [6, 6.07) is 0. The van der Waals surface area contributed by atoms with Crippen molar-refractivity contribution in [3.8, 4) is 0 Å². The molecule has 0 aliphatic rings. The number of rotatable bonds is 62. The van der Waals surface area contributed by atoms with Gasteiger partial charge in [0.1, 0.15) is 19.3 Å². The Labute approximate surface area is 492 Å². The van der Waals surface area contributed by atoms with Gasteiger partial charge in [-0.25, -0.2) is 9.13 Å². The molecule has 17 nitrogen and oxygen atoms in total. The monoisotopic (exact) mass is 1200 g/mol. The topological polar surface area (TPSA) is 237 Å². The number of aliphatic hydroxyl groups excluding tert-OH is 1. The van der Waals surface area contributed by atoms with Gasteiger partial charge < -0.3 is 33.8 Å². The molecule has 5 atom stereocenters. The van der Waals surface area contributed by atoms with Crippen molar-refractivity contribution in [2.75, 3.05) is 39.6 Å². The van der Waals surface area contributed by atoms with E-state index < -0.39 is 97.5 Å². The van der Waals surface area contributed by atoms with Crippen LogP contribution in [-0.2, 0) is 65.4 Å². The summed E-state index contributed by atoms with van der Waals surface area (Å²) in [6.45, 7) is 7.13. The second kappa shape index (κ2) is 55.9. The van der Waals surface area contributed by atoms with Gasteiger partial charge in [0.25, 0.3) is 0 Å². The first-order chi connectivity index (χ1) is 39.0. The van der Waals surface area contributed by atoms with E-state index in [1.54, 1.807) is 0 Å². The standard InChI is InChI=1S/C62H120O17P2/c1-6-9-12-15-18-20-26-31-36-41-46-60(65)73-52-58(79-62(67)48-43-38-33-28-24-22-23-25-30-34-39-44-55(4)5)54-77-81(70,71)75-50-56(63)49-74-80(68,69)76-53-57(51-72-59(64)45-40-35-29-17-14-11-8-3)78-61(66)47-42-37-32-27-21-19-16-13-10-7-2/h55-58,63H,6-54H2,1-5H3,(H,68,69)(H,70,71)/t56-,57+,58+/m0/s1. The Morgan fingerprint density at radius 3 is 0.840 bits per heavy atom. The largest absolute Gasteiger partial charge is 0.472 e. The zero-order chi connectivity index (χ0) is 59.9. The van der Waals surface area contributed by atoms with Crippen molar-refractivity contribution in [3.63, 3.8) is 0 Å². The number of esters is 4. The number of ether oxygens (including phenoxy) is 4. The fourth-order valence-corrected chi connectivity index (χ4v) is 10.8. The minimum absolute atomic E-state index is 0.106. The number of phosphoric ester groups is 2. The molecule has 0 fully saturated rings. The molecule has 19 heteroatoms. The summed E-state index contributed by atoms with van der Waals surface area (Å²) in [5.74, 6) is -1.37. The van der Waals surface area contributed by atoms with E-state index in [9.17, 15) is 43.2 Å². The van der Waals surface area contributed by atoms with Gasteiger partial charge >= 0.3 is 39.5 Å². The predicted molar refractivity (Wildman–Crippen MR) is 322 cm³/mol. The molecular weight excluding hydrogens is 1080 g/mol. The molecule has 0 amide bonds. The molecule has 0 bridgehead atoms. The summed E-state index contributed by atoms with van der Waals surface area (Å²) < 4.78 is 67.8. The number of unbranched alkanes of at least 4 members (excludes halogenated alkanes) is 34. The molecule has 0 radical (unpaired) electrons. The van der Waals surface area contributed by atoms with Gasteiger partial charge in [-0.1, -0.05) is 259 Å². The second-order valence-electron chi connectivity index (χ2n) is 22.9. The SMILES string of the molecule is CCCCCCCCCCCCC(=O)OC[C@H](COP(=O)(O)OC[C@@H](O)COP(=O)(O)OC[C@@H](COC(=O)CCCCCCCCC)OC(=O)CCCCCCCCCCCC)OC(=O)CCCCCCCCCCCCCC(C)C. The Morgan fingerprint density at radius 1 is 0.333 bits per heavy atom. The van der Waals surface area contributed by atoms with Crippen LogP contribution in [0.25, 0.3) is 0 Å². The van der Waals surface area contributed by atoms with E-state index in [0.29, 0.717) is 25.7 Å². The van der Waals surface area contributed by atoms with Gasteiger partial charge in [-0.05, 0) is 31.6 Å². The van der Waals surface area contributed by atoms with Crippen LogP contribution >= 0.6 is 15.6 Å². The maximum Gasteiger partial charge on any atom is 0.472 e. The summed E-state index contributed by atoms with van der Waals surface area (Å²) in [5, 5.41) is 10.5. The van der Waals surface area contributed by atoms with E-state index >= 15 is 0 Å². The predicted octanol–water partition coefficient (Wildman–Crippen LogP) is 17.0. The normalized spacial score (nSPS) is 14.3. The number of hydrogen-bond acceptors (Lipinski definition) is 15. The van der Waals surface area contributed by atoms with Crippen LogP contribution in [0.4, 0.5) is 0 Å². The van der Waals surface area contributed by atoms with Crippen molar-refractivity contribution in [2.45, 2.75) is 329 Å². The third-order valence-corrected chi connectivity index (χ3v) is 16.2. The second-order valence-corrected chi connectivity index (χ2v) is 25.8. The van der Waals surface area contributed by atoms with Crippen molar-refractivity contribution in [3.05, 3.63) is 0 Å². The van der Waals surface area contributed by atoms with Crippen LogP contribution in [0.15, 0.2) is 0 Å². The molecule has 0 aliphatic heterocycles. The van der Waals surface area contributed by atoms with Gasteiger partial charge in [0.15, 0.2) is 12.2 Å². The molecule has 0 aromatic heterocycles. The van der Waals surface area contributed by atoms with Crippen molar-refractivity contribution in [2.24, 2.45) is 5.92 Å². The molecule has 0 aliphatic carbocycles. The highest BCUT2D eigenvalue weighted by atomic mass is 31.2. The van der Waals surface area contributed by atoms with Crippen LogP contribution in [-0.4, -0.2) is 96.7 Å². The first-order valence-corrected chi connectivity index (χ1v) is 35.6. The first-order valence-electron chi connectivity index (χ1n) is 32.6. The number of carbonyl (C=O) groups is 4. The van der Waals surface area contributed by atoms with Gasteiger partial charge in [0.05, 0.1) is 26.4 Å². The van der Waals surface area contributed by atoms with E-state index in [1.807, 2.05) is 0 Å². The lowest BCUT2D eigenvalue weighted by Gasteiger charge is -2.21. The summed E-state index contributed by atoms with van der Waals surface area (Å²) in [5.41, 5.74) is 0. The number of phosphoric acid groups is 2. The van der Waals surface area contributed by atoms with Crippen molar-refractivity contribution in [1.29, 1.82) is 0 Å². The Hall–Kier alpha value is -1.94. The average Bonchev–Trinajstić information content (AvgIpc) is 3.43. The highest BCUT2D eigenvalue weighted by molar-refractivity contribution is 7.47. The third kappa shape index (κ3) is 56.9. The highest BCUT2D eigenvalue weighted by Crippen LogP contribution is 2.45. The average molecular weight is 1200 g/mol. The molecular formula is C62H120O17P2. The molecule has 81 heavy (non-hydrogen) atoms. The van der Waals surface area contributed by atoms with Crippen molar-refractivity contribution >= 4 is 39.5 Å². The Kier molecular flexibility index (Phi) is 54.6. The van der Waals surface area contributed by atoms with Crippen LogP contribution < -0.4 is 0 Å². The van der Waals surface area contributed by atoms with Gasteiger partial charge in [-0.15, -0.1) is 0 Å². The maximum atomic E-state index is 12.9. The van der Waals surface area contributed by atoms with E-state index in [4.69, 9.17) is 37.0 Å². The van der Waals surface area contributed by atoms with Gasteiger partial charge in [-0.3, -0.25) is 37.3 Å². The lowest BCUT2D eigenvalue weighted by atomic mass is 10.0. The molecule has 3 N–H and O–H groups in total. The summed E-state index contributed by atoms with van der Waals surface area (Å²) in [6.07, 6.45) is 38.9. The third-order valence-electron chi connectivity index (χ3n) is 14.3. The minimum atomic E-state index is -4.94. The van der Waals surface area contributed by atoms with Crippen molar-refractivity contribution < 1.29 is 80.2 Å². The minimum Gasteiger partial charge on any atom is -0.462 e. The van der Waals surface area contributed by atoms with E-state index in [0.717, 1.165) is 109 Å². The van der Waals surface area contributed by atoms with Crippen LogP contribution in [0, 0.1) is 5.92 Å². The number of carbonyl (C=O) groups excluding carboxylic acids is 4. The molecule has 2 unspecified atom stereocenters. The van der Waals surface area contributed by atoms with Crippen LogP contribution in [0.1, 0.15) is 311 Å². The van der Waals surface area contributed by atoms with Gasteiger partial charge in [-0.2, -0.15) is 0 Å². The Balaban J connectivity index is 5.20. The zero-order valence-corrected chi connectivity index (χ0v) is 53.7. The fraction of sp³-hybridized carbons (Fsp3) is 0.935. The molecule has 0 rings (SSSR count). The van der Waals surface area contributed by atoms with Crippen molar-refractivity contribution in [1.82, 2.24) is 0 Å². The lowest BCUT2D eigenvalue weighted by Crippen LogP contribution is -2.30. The molecule has 0 aromatic rings. The molecule has 0 saturated heterocycles.